The van der Waals surface area contributed by atoms with Crippen molar-refractivity contribution in [1.82, 2.24) is 4.98 Å². The molecule has 0 bridgehead atoms. The molecule has 4 heteroatoms. The van der Waals surface area contributed by atoms with Gasteiger partial charge in [-0.25, -0.2) is 4.98 Å². The van der Waals surface area contributed by atoms with Crippen LogP contribution in [0.1, 0.15) is 32.1 Å². The van der Waals surface area contributed by atoms with E-state index in [4.69, 9.17) is 21.8 Å². The maximum atomic E-state index is 5.90. The molecule has 0 spiro atoms. The molecule has 2 rings (SSSR count). The number of halogens is 1. The molecule has 1 unspecified atom stereocenters. The largest absolute Gasteiger partial charge is 0.440 e. The molecule has 0 aliphatic heterocycles. The average molecular weight is 225 g/mol. The second-order valence-corrected chi connectivity index (χ2v) is 4.11. The molecule has 0 aliphatic rings. The molecular weight excluding hydrogens is 212 g/mol. The van der Waals surface area contributed by atoms with E-state index in [1.165, 1.54) is 0 Å². The van der Waals surface area contributed by atoms with E-state index in [1.807, 2.05) is 0 Å². The highest BCUT2D eigenvalue weighted by atomic mass is 35.5. The van der Waals surface area contributed by atoms with E-state index in [1.54, 1.807) is 12.1 Å². The van der Waals surface area contributed by atoms with Crippen molar-refractivity contribution in [3.63, 3.8) is 0 Å². The second kappa shape index (κ2) is 3.74. The van der Waals surface area contributed by atoms with Crippen molar-refractivity contribution in [2.45, 2.75) is 26.2 Å². The molecule has 3 nitrogen and oxygen atoms in total. The molecule has 15 heavy (non-hydrogen) atoms. The summed E-state index contributed by atoms with van der Waals surface area (Å²) in [6, 6.07) is 3.46. The summed E-state index contributed by atoms with van der Waals surface area (Å²) in [7, 11) is 0. The first kappa shape index (κ1) is 10.3. The Balaban J connectivity index is 2.56. The summed E-state index contributed by atoms with van der Waals surface area (Å²) in [4.78, 5) is 4.38. The smallest absolute Gasteiger partial charge is 0.198 e. The summed E-state index contributed by atoms with van der Waals surface area (Å²) in [5.74, 6) is 1.06. The third-order valence-electron chi connectivity index (χ3n) is 2.56. The van der Waals surface area contributed by atoms with Gasteiger partial charge >= 0.3 is 0 Å². The van der Waals surface area contributed by atoms with E-state index in [0.29, 0.717) is 22.2 Å². The summed E-state index contributed by atoms with van der Waals surface area (Å²) >= 11 is 5.90. The number of aromatic nitrogens is 1. The van der Waals surface area contributed by atoms with Gasteiger partial charge in [0.25, 0.3) is 0 Å². The maximum absolute atomic E-state index is 5.90. The van der Waals surface area contributed by atoms with Gasteiger partial charge in [0.2, 0.25) is 0 Å². The number of nitrogen functional groups attached to an aromatic ring is 1. The van der Waals surface area contributed by atoms with E-state index in [0.717, 1.165) is 17.8 Å². The molecular formula is C11H13ClN2O. The lowest BCUT2D eigenvalue weighted by atomic mass is 10.1. The molecule has 0 fully saturated rings. The summed E-state index contributed by atoms with van der Waals surface area (Å²) in [6.45, 7) is 4.18. The maximum Gasteiger partial charge on any atom is 0.198 e. The van der Waals surface area contributed by atoms with Crippen molar-refractivity contribution in [3.8, 4) is 0 Å². The molecule has 1 atom stereocenters. The number of nitrogens with two attached hydrogens (primary N) is 1. The topological polar surface area (TPSA) is 52.0 Å². The Bertz CT molecular complexity index is 454. The molecule has 0 saturated heterocycles. The molecule has 80 valence electrons. The molecule has 0 saturated carbocycles. The van der Waals surface area contributed by atoms with Gasteiger partial charge < -0.3 is 10.2 Å². The summed E-state index contributed by atoms with van der Waals surface area (Å²) in [6.07, 6.45) is 0.996. The van der Waals surface area contributed by atoms with Crippen molar-refractivity contribution in [1.29, 1.82) is 0 Å². The van der Waals surface area contributed by atoms with E-state index in [9.17, 15) is 0 Å². The summed E-state index contributed by atoms with van der Waals surface area (Å²) < 4.78 is 5.61. The SMILES string of the molecule is CCC(C)c1nc2cc(Cl)c(N)cc2o1. The van der Waals surface area contributed by atoms with Crippen molar-refractivity contribution >= 4 is 28.4 Å². The summed E-state index contributed by atoms with van der Waals surface area (Å²) in [5.41, 5.74) is 7.68. The standard InChI is InChI=1S/C11H13ClN2O/c1-3-6(2)11-14-9-4-7(12)8(13)5-10(9)15-11/h4-6H,3,13H2,1-2H3. The first-order valence-electron chi connectivity index (χ1n) is 4.97. The Kier molecular flexibility index (Phi) is 2.57. The number of fused-ring (bicyclic) bond motifs is 1. The number of anilines is 1. The quantitative estimate of drug-likeness (QED) is 0.794. The van der Waals surface area contributed by atoms with Gasteiger partial charge in [0, 0.05) is 12.0 Å². The van der Waals surface area contributed by atoms with Crippen LogP contribution in [0.5, 0.6) is 0 Å². The van der Waals surface area contributed by atoms with Crippen LogP contribution in [0, 0.1) is 0 Å². The van der Waals surface area contributed by atoms with E-state index >= 15 is 0 Å². The fraction of sp³-hybridized carbons (Fsp3) is 0.364. The van der Waals surface area contributed by atoms with Crippen LogP contribution in [0.2, 0.25) is 5.02 Å². The van der Waals surface area contributed by atoms with Crippen LogP contribution in [-0.4, -0.2) is 4.98 Å². The molecule has 0 aliphatic carbocycles. The Hall–Kier alpha value is -1.22. The number of hydrogen-bond donors (Lipinski definition) is 1. The van der Waals surface area contributed by atoms with Gasteiger partial charge in [0.05, 0.1) is 10.7 Å². The average Bonchev–Trinajstić information content (AvgIpc) is 2.60. The van der Waals surface area contributed by atoms with Gasteiger partial charge in [-0.1, -0.05) is 25.4 Å². The highest BCUT2D eigenvalue weighted by Crippen LogP contribution is 2.28. The molecule has 1 aromatic heterocycles. The summed E-state index contributed by atoms with van der Waals surface area (Å²) in [5, 5.41) is 0.520. The Labute approximate surface area is 93.2 Å². The minimum atomic E-state index is 0.317. The van der Waals surface area contributed by atoms with Crippen molar-refractivity contribution in [3.05, 3.63) is 23.0 Å². The van der Waals surface area contributed by atoms with Crippen LogP contribution in [0.4, 0.5) is 5.69 Å². The number of benzene rings is 1. The van der Waals surface area contributed by atoms with Crippen LogP contribution in [0.3, 0.4) is 0 Å². The third kappa shape index (κ3) is 1.79. The molecule has 1 aromatic carbocycles. The van der Waals surface area contributed by atoms with Gasteiger partial charge in [-0.15, -0.1) is 0 Å². The predicted octanol–water partition coefficient (Wildman–Crippen LogP) is 3.58. The minimum Gasteiger partial charge on any atom is -0.440 e. The molecule has 2 aromatic rings. The van der Waals surface area contributed by atoms with Crippen molar-refractivity contribution in [2.24, 2.45) is 0 Å². The highest BCUT2D eigenvalue weighted by Gasteiger charge is 2.12. The van der Waals surface area contributed by atoms with Gasteiger partial charge in [-0.3, -0.25) is 0 Å². The van der Waals surface area contributed by atoms with Crippen LogP contribution in [0.25, 0.3) is 11.1 Å². The lowest BCUT2D eigenvalue weighted by molar-refractivity contribution is 0.479. The Morgan fingerprint density at radius 1 is 1.53 bits per heavy atom. The molecule has 0 radical (unpaired) electrons. The Morgan fingerprint density at radius 3 is 2.93 bits per heavy atom. The first-order chi connectivity index (χ1) is 7.11. The number of hydrogen-bond acceptors (Lipinski definition) is 3. The Morgan fingerprint density at radius 2 is 2.27 bits per heavy atom. The zero-order chi connectivity index (χ0) is 11.0. The van der Waals surface area contributed by atoms with Gasteiger partial charge in [-0.05, 0) is 12.5 Å². The van der Waals surface area contributed by atoms with Crippen molar-refractivity contribution < 1.29 is 4.42 Å². The van der Waals surface area contributed by atoms with Crippen LogP contribution >= 0.6 is 11.6 Å². The lowest BCUT2D eigenvalue weighted by Gasteiger charge is -1.99. The minimum absolute atomic E-state index is 0.317. The highest BCUT2D eigenvalue weighted by molar-refractivity contribution is 6.33. The van der Waals surface area contributed by atoms with Gasteiger partial charge in [-0.2, -0.15) is 0 Å². The number of rotatable bonds is 2. The number of nitrogens with zero attached hydrogens (tertiary/aromatic N) is 1. The second-order valence-electron chi connectivity index (χ2n) is 3.70. The van der Waals surface area contributed by atoms with Crippen LogP contribution in [-0.2, 0) is 0 Å². The van der Waals surface area contributed by atoms with Crippen molar-refractivity contribution in [2.75, 3.05) is 5.73 Å². The van der Waals surface area contributed by atoms with Gasteiger partial charge in [0.15, 0.2) is 11.5 Å². The normalized spacial score (nSPS) is 13.3. The fourth-order valence-corrected chi connectivity index (χ4v) is 1.53. The van der Waals surface area contributed by atoms with Crippen LogP contribution < -0.4 is 5.73 Å². The molecule has 2 N–H and O–H groups in total. The zero-order valence-corrected chi connectivity index (χ0v) is 9.51. The monoisotopic (exact) mass is 224 g/mol. The zero-order valence-electron chi connectivity index (χ0n) is 8.75. The fourth-order valence-electron chi connectivity index (χ4n) is 1.37. The molecule has 1 heterocycles. The first-order valence-corrected chi connectivity index (χ1v) is 5.35. The lowest BCUT2D eigenvalue weighted by Crippen LogP contribution is -1.89. The third-order valence-corrected chi connectivity index (χ3v) is 2.88. The predicted molar refractivity (Wildman–Crippen MR) is 62.1 cm³/mol. The number of oxazole rings is 1. The van der Waals surface area contributed by atoms with Gasteiger partial charge in [0.1, 0.15) is 5.52 Å². The van der Waals surface area contributed by atoms with E-state index in [2.05, 4.69) is 18.8 Å². The molecule has 0 amide bonds. The van der Waals surface area contributed by atoms with E-state index in [-0.39, 0.29) is 0 Å². The van der Waals surface area contributed by atoms with Crippen LogP contribution in [0.15, 0.2) is 16.5 Å². The van der Waals surface area contributed by atoms with E-state index < -0.39 is 0 Å².